The molecule has 2 aliphatic heterocycles. The number of hydrogen-bond acceptors (Lipinski definition) is 9. The van der Waals surface area contributed by atoms with Crippen LogP contribution in [0.25, 0.3) is 44.6 Å². The van der Waals surface area contributed by atoms with E-state index in [1.165, 1.54) is 0 Å². The van der Waals surface area contributed by atoms with E-state index in [9.17, 15) is 0 Å². The maximum Gasteiger partial charge on any atom is 0.147 e. The average molecular weight is 482 g/mol. The van der Waals surface area contributed by atoms with Crippen LogP contribution in [0.1, 0.15) is 0 Å². The number of aromatic nitrogens is 7. The number of nitrogens with two attached hydrogens (primary N) is 1. The minimum Gasteiger partial charge on any atom is -0.367 e. The van der Waals surface area contributed by atoms with Gasteiger partial charge in [0.15, 0.2) is 0 Å². The van der Waals surface area contributed by atoms with E-state index in [-0.39, 0.29) is 6.04 Å². The zero-order chi connectivity index (χ0) is 24.2. The van der Waals surface area contributed by atoms with Gasteiger partial charge >= 0.3 is 0 Å². The first kappa shape index (κ1) is 21.2. The summed E-state index contributed by atoms with van der Waals surface area (Å²) in [5.74, 6) is 0.822. The Morgan fingerprint density at radius 3 is 2.53 bits per heavy atom. The highest BCUT2D eigenvalue weighted by Gasteiger charge is 2.25. The van der Waals surface area contributed by atoms with Crippen LogP contribution in [-0.4, -0.2) is 92.4 Å². The van der Waals surface area contributed by atoms with Gasteiger partial charge in [0, 0.05) is 56.1 Å². The van der Waals surface area contributed by atoms with E-state index in [1.807, 2.05) is 18.5 Å². The summed E-state index contributed by atoms with van der Waals surface area (Å²) in [5, 5.41) is 9.88. The van der Waals surface area contributed by atoms with Crippen LogP contribution in [0.2, 0.25) is 0 Å². The molecule has 4 N–H and O–H groups in total. The van der Waals surface area contributed by atoms with E-state index in [1.54, 1.807) is 18.6 Å². The lowest BCUT2D eigenvalue weighted by atomic mass is 10.1. The van der Waals surface area contributed by atoms with Crippen LogP contribution in [0.3, 0.4) is 0 Å². The van der Waals surface area contributed by atoms with E-state index < -0.39 is 0 Å². The summed E-state index contributed by atoms with van der Waals surface area (Å²) >= 11 is 0. The number of aromatic amines is 2. The van der Waals surface area contributed by atoms with Crippen LogP contribution in [0, 0.1) is 0 Å². The van der Waals surface area contributed by atoms with E-state index in [4.69, 9.17) is 10.7 Å². The minimum atomic E-state index is 0.196. The lowest BCUT2D eigenvalue weighted by molar-refractivity contribution is 0.313. The van der Waals surface area contributed by atoms with Gasteiger partial charge in [-0.3, -0.25) is 20.1 Å². The van der Waals surface area contributed by atoms with E-state index in [0.29, 0.717) is 0 Å². The second-order valence-electron chi connectivity index (χ2n) is 9.71. The molecule has 0 radical (unpaired) electrons. The van der Waals surface area contributed by atoms with Crippen molar-refractivity contribution >= 4 is 33.3 Å². The Labute approximate surface area is 207 Å². The van der Waals surface area contributed by atoms with Gasteiger partial charge in [-0.2, -0.15) is 5.10 Å². The van der Waals surface area contributed by atoms with Gasteiger partial charge < -0.3 is 25.4 Å². The summed E-state index contributed by atoms with van der Waals surface area (Å²) in [4.78, 5) is 28.7. The summed E-state index contributed by atoms with van der Waals surface area (Å²) in [6, 6.07) is 4.39. The summed E-state index contributed by atoms with van der Waals surface area (Å²) < 4.78 is 0. The first-order chi connectivity index (χ1) is 17.6. The lowest BCUT2D eigenvalue weighted by Gasteiger charge is -2.37. The second-order valence-corrected chi connectivity index (χ2v) is 9.71. The largest absolute Gasteiger partial charge is 0.367 e. The molecular weight excluding hydrogens is 454 g/mol. The first-order valence-electron chi connectivity index (χ1n) is 12.2. The lowest BCUT2D eigenvalue weighted by Crippen LogP contribution is -2.56. The molecule has 2 fully saturated rings. The molecule has 7 rings (SSSR count). The highest BCUT2D eigenvalue weighted by molar-refractivity contribution is 6.00. The van der Waals surface area contributed by atoms with Crippen molar-refractivity contribution in [2.24, 2.45) is 5.73 Å². The van der Waals surface area contributed by atoms with Crippen molar-refractivity contribution in [3.8, 4) is 22.8 Å². The van der Waals surface area contributed by atoms with Gasteiger partial charge in [-0.1, -0.05) is 0 Å². The molecule has 0 unspecified atom stereocenters. The predicted molar refractivity (Wildman–Crippen MR) is 140 cm³/mol. The molecule has 182 valence electrons. The van der Waals surface area contributed by atoms with Crippen molar-refractivity contribution in [1.29, 1.82) is 0 Å². The molecule has 0 bridgehead atoms. The molecule has 2 saturated heterocycles. The molecule has 0 atom stereocenters. The average Bonchev–Trinajstić information content (AvgIpc) is 3.51. The molecule has 36 heavy (non-hydrogen) atoms. The van der Waals surface area contributed by atoms with Gasteiger partial charge in [-0.05, 0) is 19.2 Å². The fourth-order valence-electron chi connectivity index (χ4n) is 5.06. The number of nitrogens with zero attached hydrogens (tertiary/aromatic N) is 8. The zero-order valence-electron chi connectivity index (χ0n) is 20.0. The topological polar surface area (TPSA) is 132 Å². The Bertz CT molecular complexity index is 1560. The summed E-state index contributed by atoms with van der Waals surface area (Å²) in [6.07, 6.45) is 9.16. The van der Waals surface area contributed by atoms with Gasteiger partial charge in [0.2, 0.25) is 0 Å². The maximum atomic E-state index is 5.94. The van der Waals surface area contributed by atoms with Gasteiger partial charge in [0.25, 0.3) is 0 Å². The molecule has 7 heterocycles. The van der Waals surface area contributed by atoms with Crippen LogP contribution < -0.4 is 15.5 Å². The molecular formula is C25H27N11. The zero-order valence-corrected chi connectivity index (χ0v) is 20.0. The van der Waals surface area contributed by atoms with Gasteiger partial charge in [-0.15, -0.1) is 0 Å². The van der Waals surface area contributed by atoms with E-state index in [0.717, 1.165) is 95.4 Å². The quantitative estimate of drug-likeness (QED) is 0.352. The number of likely N-dealkylation sites (N-methyl/N-ethyl adjacent to an activating group) is 1. The van der Waals surface area contributed by atoms with Crippen molar-refractivity contribution in [3.05, 3.63) is 43.1 Å². The minimum absolute atomic E-state index is 0.196. The smallest absolute Gasteiger partial charge is 0.147 e. The third kappa shape index (κ3) is 3.55. The Balaban J connectivity index is 1.26. The van der Waals surface area contributed by atoms with E-state index >= 15 is 0 Å². The van der Waals surface area contributed by atoms with Crippen molar-refractivity contribution in [1.82, 2.24) is 40.0 Å². The monoisotopic (exact) mass is 481 g/mol. The van der Waals surface area contributed by atoms with Crippen LogP contribution in [0.4, 0.5) is 11.5 Å². The molecule has 5 aromatic rings. The number of pyridine rings is 2. The van der Waals surface area contributed by atoms with Crippen LogP contribution >= 0.6 is 0 Å². The fourth-order valence-corrected chi connectivity index (χ4v) is 5.06. The normalized spacial score (nSPS) is 17.3. The molecule has 0 spiro atoms. The fraction of sp³-hybridized carbons (Fsp3) is 0.320. The van der Waals surface area contributed by atoms with Crippen molar-refractivity contribution in [3.63, 3.8) is 0 Å². The number of anilines is 2. The maximum absolute atomic E-state index is 5.94. The number of hydrogen-bond donors (Lipinski definition) is 3. The summed E-state index contributed by atoms with van der Waals surface area (Å²) in [7, 11) is 2.17. The third-order valence-corrected chi connectivity index (χ3v) is 7.19. The molecule has 5 aromatic heterocycles. The standard InChI is InChI=1S/C25H27N11/c1-34-2-4-35(5-3-34)23-11-27-8-20-16(23)6-19(30-20)25-17-7-18(29-10-21(17)32-33-25)22-9-28-12-24(31-22)36-13-15(26)14-36/h6-12,15,30H,2-5,13-14,26H2,1H3,(H,32,33). The Hall–Kier alpha value is -4.09. The molecule has 0 aliphatic carbocycles. The number of H-pyrrole nitrogens is 2. The van der Waals surface area contributed by atoms with Crippen molar-refractivity contribution in [2.45, 2.75) is 6.04 Å². The number of nitrogens with one attached hydrogen (secondary N) is 2. The number of rotatable bonds is 4. The summed E-state index contributed by atoms with van der Waals surface area (Å²) in [6.45, 7) is 5.65. The SMILES string of the molecule is CN1CCN(c2cncc3[nH]c(-c4n[nH]c5cnc(-c6cncc(N7CC(N)C7)n6)cc45)cc23)CC1. The van der Waals surface area contributed by atoms with Gasteiger partial charge in [-0.25, -0.2) is 4.98 Å². The molecule has 11 heteroatoms. The van der Waals surface area contributed by atoms with Crippen LogP contribution in [0.15, 0.2) is 43.1 Å². The molecule has 2 aliphatic rings. The number of fused-ring (bicyclic) bond motifs is 2. The molecule has 0 amide bonds. The van der Waals surface area contributed by atoms with Gasteiger partial charge in [0.1, 0.15) is 17.2 Å². The predicted octanol–water partition coefficient (Wildman–Crippen LogP) is 1.86. The van der Waals surface area contributed by atoms with Gasteiger partial charge in [0.05, 0.1) is 59.1 Å². The molecule has 0 aromatic carbocycles. The van der Waals surface area contributed by atoms with Crippen molar-refractivity contribution < 1.29 is 0 Å². The highest BCUT2D eigenvalue weighted by Crippen LogP contribution is 2.34. The first-order valence-corrected chi connectivity index (χ1v) is 12.2. The Morgan fingerprint density at radius 2 is 1.69 bits per heavy atom. The Kier molecular flexibility index (Phi) is 4.86. The molecule has 11 nitrogen and oxygen atoms in total. The molecule has 0 saturated carbocycles. The van der Waals surface area contributed by atoms with Crippen LogP contribution in [-0.2, 0) is 0 Å². The number of piperazine rings is 1. The highest BCUT2D eigenvalue weighted by atomic mass is 15.3. The Morgan fingerprint density at radius 1 is 0.861 bits per heavy atom. The van der Waals surface area contributed by atoms with Crippen LogP contribution in [0.5, 0.6) is 0 Å². The second kappa shape index (κ2) is 8.25. The van der Waals surface area contributed by atoms with E-state index in [2.05, 4.69) is 57.9 Å². The third-order valence-electron chi connectivity index (χ3n) is 7.19. The van der Waals surface area contributed by atoms with Crippen molar-refractivity contribution in [2.75, 3.05) is 56.1 Å². The summed E-state index contributed by atoms with van der Waals surface area (Å²) in [5.41, 5.74) is 12.2.